The van der Waals surface area contributed by atoms with Crippen LogP contribution in [0.15, 0.2) is 69.1 Å². The van der Waals surface area contributed by atoms with Crippen LogP contribution in [0.5, 0.6) is 0 Å². The highest BCUT2D eigenvalue weighted by atomic mass is 35.5. The van der Waals surface area contributed by atoms with E-state index >= 15 is 0 Å². The molecule has 0 saturated heterocycles. The van der Waals surface area contributed by atoms with Crippen LogP contribution in [-0.4, -0.2) is 36.9 Å². The summed E-state index contributed by atoms with van der Waals surface area (Å²) in [7, 11) is 0. The normalized spacial score (nSPS) is 11.6. The fourth-order valence-electron chi connectivity index (χ4n) is 3.53. The number of halogens is 1. The van der Waals surface area contributed by atoms with Crippen LogP contribution in [0.1, 0.15) is 28.6 Å². The standard InChI is InChI=1S/C25H20ClN3O5S/c1-3-29-22(15-7-9-16(26)10-8-15)27-28-25(29)35-21(24(32)33)13-17-11-12-20(34-17)18-5-4-6-19(14(18)2)23(30)31/h4-13H,3H2,1-2H3,(H,30,31)(H,32,33)/b21-13-. The number of hydrogen-bond acceptors (Lipinski definition) is 6. The Kier molecular flexibility index (Phi) is 7.09. The first kappa shape index (κ1) is 24.3. The molecule has 35 heavy (non-hydrogen) atoms. The summed E-state index contributed by atoms with van der Waals surface area (Å²) < 4.78 is 7.66. The van der Waals surface area contributed by atoms with E-state index in [1.807, 2.05) is 23.6 Å². The number of carboxylic acid groups (broad SMARTS) is 2. The van der Waals surface area contributed by atoms with Gasteiger partial charge in [-0.1, -0.05) is 23.7 Å². The molecule has 0 aliphatic carbocycles. The van der Waals surface area contributed by atoms with E-state index in [0.717, 1.165) is 17.3 Å². The third kappa shape index (κ3) is 5.16. The first-order chi connectivity index (χ1) is 16.8. The summed E-state index contributed by atoms with van der Waals surface area (Å²) in [6.45, 7) is 4.15. The zero-order valence-corrected chi connectivity index (χ0v) is 20.3. The van der Waals surface area contributed by atoms with Crippen LogP contribution in [0.4, 0.5) is 0 Å². The van der Waals surface area contributed by atoms with Crippen molar-refractivity contribution in [3.8, 4) is 22.7 Å². The van der Waals surface area contributed by atoms with Gasteiger partial charge in [0, 0.05) is 28.8 Å². The molecule has 178 valence electrons. The number of benzene rings is 2. The van der Waals surface area contributed by atoms with Gasteiger partial charge in [-0.25, -0.2) is 9.59 Å². The third-order valence-electron chi connectivity index (χ3n) is 5.28. The van der Waals surface area contributed by atoms with Gasteiger partial charge in [-0.15, -0.1) is 10.2 Å². The molecule has 0 saturated carbocycles. The van der Waals surface area contributed by atoms with Gasteiger partial charge in [0.2, 0.25) is 0 Å². The van der Waals surface area contributed by atoms with Crippen molar-refractivity contribution in [1.82, 2.24) is 14.8 Å². The average molecular weight is 510 g/mol. The van der Waals surface area contributed by atoms with E-state index in [-0.39, 0.29) is 10.5 Å². The highest BCUT2D eigenvalue weighted by molar-refractivity contribution is 8.04. The van der Waals surface area contributed by atoms with Crippen molar-refractivity contribution in [2.24, 2.45) is 0 Å². The van der Waals surface area contributed by atoms with Crippen molar-refractivity contribution in [2.45, 2.75) is 25.5 Å². The van der Waals surface area contributed by atoms with Gasteiger partial charge in [-0.3, -0.25) is 0 Å². The Morgan fingerprint density at radius 2 is 1.83 bits per heavy atom. The fraction of sp³-hybridized carbons (Fsp3) is 0.120. The number of furan rings is 1. The van der Waals surface area contributed by atoms with Crippen LogP contribution >= 0.6 is 23.4 Å². The maximum absolute atomic E-state index is 12.0. The molecule has 0 amide bonds. The number of nitrogens with zero attached hydrogens (tertiary/aromatic N) is 3. The molecule has 2 heterocycles. The van der Waals surface area contributed by atoms with Crippen LogP contribution in [0, 0.1) is 6.92 Å². The minimum absolute atomic E-state index is 0.00772. The Hall–Kier alpha value is -3.82. The Balaban J connectivity index is 1.65. The molecule has 0 aliphatic heterocycles. The van der Waals surface area contributed by atoms with Crippen LogP contribution in [0.3, 0.4) is 0 Å². The van der Waals surface area contributed by atoms with Gasteiger partial charge in [-0.2, -0.15) is 0 Å². The lowest BCUT2D eigenvalue weighted by molar-refractivity contribution is -0.131. The summed E-state index contributed by atoms with van der Waals surface area (Å²) in [6.07, 6.45) is 1.41. The van der Waals surface area contributed by atoms with Gasteiger partial charge < -0.3 is 19.2 Å². The summed E-state index contributed by atoms with van der Waals surface area (Å²) in [5, 5.41) is 28.6. The first-order valence-electron chi connectivity index (χ1n) is 10.5. The van der Waals surface area contributed by atoms with Gasteiger partial charge in [0.25, 0.3) is 0 Å². The van der Waals surface area contributed by atoms with Gasteiger partial charge in [0.1, 0.15) is 16.4 Å². The van der Waals surface area contributed by atoms with Crippen molar-refractivity contribution in [2.75, 3.05) is 0 Å². The largest absolute Gasteiger partial charge is 0.478 e. The predicted molar refractivity (Wildman–Crippen MR) is 133 cm³/mol. The Bertz CT molecular complexity index is 1440. The summed E-state index contributed by atoms with van der Waals surface area (Å²) in [4.78, 5) is 23.4. The van der Waals surface area contributed by atoms with Crippen molar-refractivity contribution >= 4 is 41.4 Å². The van der Waals surface area contributed by atoms with E-state index in [4.69, 9.17) is 16.0 Å². The van der Waals surface area contributed by atoms with Gasteiger partial charge >= 0.3 is 11.9 Å². The van der Waals surface area contributed by atoms with E-state index in [1.54, 1.807) is 43.3 Å². The Morgan fingerprint density at radius 3 is 2.49 bits per heavy atom. The van der Waals surface area contributed by atoms with E-state index in [2.05, 4.69) is 10.2 Å². The molecule has 2 aromatic carbocycles. The van der Waals surface area contributed by atoms with Gasteiger partial charge in [-0.05, 0) is 73.6 Å². The zero-order valence-electron chi connectivity index (χ0n) is 18.7. The van der Waals surface area contributed by atoms with E-state index < -0.39 is 11.9 Å². The maximum Gasteiger partial charge on any atom is 0.342 e. The quantitative estimate of drug-likeness (QED) is 0.216. The number of carboxylic acids is 2. The summed E-state index contributed by atoms with van der Waals surface area (Å²) >= 11 is 6.94. The fourth-order valence-corrected chi connectivity index (χ4v) is 4.53. The predicted octanol–water partition coefficient (Wildman–Crippen LogP) is 6.10. The Morgan fingerprint density at radius 1 is 1.09 bits per heavy atom. The number of thioether (sulfide) groups is 1. The minimum Gasteiger partial charge on any atom is -0.478 e. The first-order valence-corrected chi connectivity index (χ1v) is 11.7. The van der Waals surface area contributed by atoms with E-state index in [1.165, 1.54) is 12.1 Å². The summed E-state index contributed by atoms with van der Waals surface area (Å²) in [5.41, 5.74) is 2.16. The number of carbonyl (C=O) groups is 2. The van der Waals surface area contributed by atoms with Gasteiger partial charge in [0.05, 0.1) is 5.56 Å². The van der Waals surface area contributed by atoms with Crippen molar-refractivity contribution in [3.63, 3.8) is 0 Å². The number of aromatic carboxylic acids is 1. The molecule has 0 radical (unpaired) electrons. The van der Waals surface area contributed by atoms with Crippen LogP contribution in [0.2, 0.25) is 5.02 Å². The molecule has 0 aliphatic rings. The van der Waals surface area contributed by atoms with Crippen molar-refractivity contribution in [3.05, 3.63) is 81.4 Å². The molecule has 0 bridgehead atoms. The lowest BCUT2D eigenvalue weighted by Crippen LogP contribution is -2.02. The second-order valence-electron chi connectivity index (χ2n) is 7.46. The molecule has 10 heteroatoms. The zero-order chi connectivity index (χ0) is 25.1. The summed E-state index contributed by atoms with van der Waals surface area (Å²) in [5.74, 6) is -0.821. The smallest absolute Gasteiger partial charge is 0.342 e. The van der Waals surface area contributed by atoms with Crippen LogP contribution in [0.25, 0.3) is 28.8 Å². The maximum atomic E-state index is 12.0. The monoisotopic (exact) mass is 509 g/mol. The SMILES string of the molecule is CCn1c(S/C(=C\c2ccc(-c3cccc(C(=O)O)c3C)o2)C(=O)O)nnc1-c1ccc(Cl)cc1. The number of aliphatic carboxylic acids is 1. The number of hydrogen-bond donors (Lipinski definition) is 2. The van der Waals surface area contributed by atoms with Crippen molar-refractivity contribution < 1.29 is 24.2 Å². The second-order valence-corrected chi connectivity index (χ2v) is 8.90. The highest BCUT2D eigenvalue weighted by Crippen LogP contribution is 2.33. The van der Waals surface area contributed by atoms with Crippen LogP contribution < -0.4 is 0 Å². The molecule has 2 aromatic heterocycles. The minimum atomic E-state index is -1.14. The molecule has 8 nitrogen and oxygen atoms in total. The lowest BCUT2D eigenvalue weighted by Gasteiger charge is -2.08. The average Bonchev–Trinajstić information content (AvgIpc) is 3.46. The third-order valence-corrected chi connectivity index (χ3v) is 6.53. The highest BCUT2D eigenvalue weighted by Gasteiger charge is 2.19. The molecule has 4 rings (SSSR count). The molecule has 0 fully saturated rings. The molecule has 0 unspecified atom stereocenters. The Labute approximate surface area is 209 Å². The van der Waals surface area contributed by atoms with Gasteiger partial charge in [0.15, 0.2) is 11.0 Å². The molecular formula is C25H20ClN3O5S. The molecular weight excluding hydrogens is 490 g/mol. The van der Waals surface area contributed by atoms with Crippen molar-refractivity contribution in [1.29, 1.82) is 0 Å². The second kappa shape index (κ2) is 10.2. The number of aromatic nitrogens is 3. The molecule has 4 aromatic rings. The topological polar surface area (TPSA) is 118 Å². The van der Waals surface area contributed by atoms with E-state index in [0.29, 0.717) is 45.2 Å². The summed E-state index contributed by atoms with van der Waals surface area (Å²) in [6, 6.07) is 15.4. The lowest BCUT2D eigenvalue weighted by atomic mass is 10.0. The molecule has 0 spiro atoms. The molecule has 0 atom stereocenters. The van der Waals surface area contributed by atoms with E-state index in [9.17, 15) is 19.8 Å². The molecule has 2 N–H and O–H groups in total. The van der Waals surface area contributed by atoms with Crippen LogP contribution in [-0.2, 0) is 11.3 Å². The number of rotatable bonds is 8.